The van der Waals surface area contributed by atoms with Gasteiger partial charge in [0.05, 0.1) is 6.61 Å². The molecule has 0 aliphatic carbocycles. The van der Waals surface area contributed by atoms with E-state index in [1.54, 1.807) is 0 Å². The Labute approximate surface area is 139 Å². The van der Waals surface area contributed by atoms with Gasteiger partial charge in [0.2, 0.25) is 0 Å². The molecular formula is C19H27N3O. The van der Waals surface area contributed by atoms with Crippen LogP contribution >= 0.6 is 0 Å². The number of hydrogen-bond acceptors (Lipinski definition) is 4. The van der Waals surface area contributed by atoms with Crippen molar-refractivity contribution >= 4 is 5.57 Å². The zero-order valence-electron chi connectivity index (χ0n) is 14.1. The minimum atomic E-state index is 0.748. The zero-order chi connectivity index (χ0) is 16.1. The molecule has 23 heavy (non-hydrogen) atoms. The third-order valence-corrected chi connectivity index (χ3v) is 4.71. The van der Waals surface area contributed by atoms with Gasteiger partial charge < -0.3 is 20.5 Å². The van der Waals surface area contributed by atoms with Crippen molar-refractivity contribution in [2.45, 2.75) is 39.2 Å². The van der Waals surface area contributed by atoms with E-state index in [4.69, 9.17) is 4.74 Å². The van der Waals surface area contributed by atoms with Gasteiger partial charge >= 0.3 is 0 Å². The largest absolute Gasteiger partial charge is 0.494 e. The second-order valence-electron chi connectivity index (χ2n) is 6.39. The number of nitrogens with one attached hydrogen (secondary N) is 2. The van der Waals surface area contributed by atoms with E-state index in [2.05, 4.69) is 59.9 Å². The molecule has 0 unspecified atom stereocenters. The van der Waals surface area contributed by atoms with E-state index in [1.165, 1.54) is 30.5 Å². The standard InChI is InChI=1S/C19H27N3O/c1-15-5-3-12-22(15)13-4-14-23-18-8-6-17(7-9-18)19-10-11-20-21-16(19)2/h6-11,15,20-21H,3-5,12-14H2,1-2H3/t15-/m1/s1. The highest BCUT2D eigenvalue weighted by Crippen LogP contribution is 2.23. The van der Waals surface area contributed by atoms with Crippen molar-refractivity contribution in [1.29, 1.82) is 0 Å². The minimum absolute atomic E-state index is 0.748. The van der Waals surface area contributed by atoms with E-state index >= 15 is 0 Å². The monoisotopic (exact) mass is 313 g/mol. The first kappa shape index (κ1) is 15.9. The Kier molecular flexibility index (Phi) is 5.23. The van der Waals surface area contributed by atoms with Gasteiger partial charge in [0.15, 0.2) is 0 Å². The molecule has 3 rings (SSSR count). The van der Waals surface area contributed by atoms with Crippen LogP contribution < -0.4 is 15.6 Å². The van der Waals surface area contributed by atoms with E-state index in [1.807, 2.05) is 6.20 Å². The van der Waals surface area contributed by atoms with Crippen LogP contribution in [0.25, 0.3) is 5.57 Å². The van der Waals surface area contributed by atoms with Crippen LogP contribution in [-0.4, -0.2) is 30.6 Å². The number of nitrogens with zero attached hydrogens (tertiary/aromatic N) is 1. The minimum Gasteiger partial charge on any atom is -0.494 e. The molecule has 2 N–H and O–H groups in total. The Bertz CT molecular complexity index is 577. The number of hydrazine groups is 1. The van der Waals surface area contributed by atoms with Gasteiger partial charge in [-0.05, 0) is 63.4 Å². The molecule has 2 heterocycles. The van der Waals surface area contributed by atoms with Crippen LogP contribution in [0.2, 0.25) is 0 Å². The van der Waals surface area contributed by atoms with Gasteiger partial charge in [0.25, 0.3) is 0 Å². The Hall–Kier alpha value is -1.94. The average molecular weight is 313 g/mol. The Morgan fingerprint density at radius 3 is 2.78 bits per heavy atom. The van der Waals surface area contributed by atoms with Gasteiger partial charge in [-0.25, -0.2) is 0 Å². The average Bonchev–Trinajstić information content (AvgIpc) is 2.98. The van der Waals surface area contributed by atoms with E-state index in [0.29, 0.717) is 0 Å². The summed E-state index contributed by atoms with van der Waals surface area (Å²) in [6, 6.07) is 9.10. The molecule has 2 aliphatic heterocycles. The van der Waals surface area contributed by atoms with Crippen LogP contribution in [0.3, 0.4) is 0 Å². The summed E-state index contributed by atoms with van der Waals surface area (Å²) in [6.45, 7) is 7.58. The number of rotatable bonds is 6. The van der Waals surface area contributed by atoms with E-state index in [9.17, 15) is 0 Å². The molecule has 0 saturated carbocycles. The molecular weight excluding hydrogens is 286 g/mol. The fourth-order valence-electron chi connectivity index (χ4n) is 3.29. The highest BCUT2D eigenvalue weighted by atomic mass is 16.5. The Balaban J connectivity index is 1.47. The van der Waals surface area contributed by atoms with Gasteiger partial charge in [-0.1, -0.05) is 12.1 Å². The van der Waals surface area contributed by atoms with Gasteiger partial charge in [-0.2, -0.15) is 0 Å². The molecule has 1 aromatic carbocycles. The lowest BCUT2D eigenvalue weighted by Crippen LogP contribution is -2.28. The molecule has 2 aliphatic rings. The van der Waals surface area contributed by atoms with Gasteiger partial charge in [0.1, 0.15) is 5.75 Å². The maximum absolute atomic E-state index is 5.88. The summed E-state index contributed by atoms with van der Waals surface area (Å²) in [4.78, 5) is 2.57. The third-order valence-electron chi connectivity index (χ3n) is 4.71. The molecule has 1 atom stereocenters. The summed E-state index contributed by atoms with van der Waals surface area (Å²) in [7, 11) is 0. The van der Waals surface area contributed by atoms with Gasteiger partial charge in [-0.3, -0.25) is 0 Å². The van der Waals surface area contributed by atoms with Gasteiger partial charge in [0, 0.05) is 30.1 Å². The summed E-state index contributed by atoms with van der Waals surface area (Å²) in [5.41, 5.74) is 9.65. The predicted molar refractivity (Wildman–Crippen MR) is 94.8 cm³/mol. The SMILES string of the molecule is CC1=C(c2ccc(OCCCN3CCC[C@H]3C)cc2)C=CNN1. The number of benzene rings is 1. The molecule has 0 radical (unpaired) electrons. The predicted octanol–water partition coefficient (Wildman–Crippen LogP) is 3.29. The second kappa shape index (κ2) is 7.55. The van der Waals surface area contributed by atoms with Crippen molar-refractivity contribution < 1.29 is 4.74 Å². The normalized spacial score (nSPS) is 21.2. The highest BCUT2D eigenvalue weighted by Gasteiger charge is 2.19. The Morgan fingerprint density at radius 2 is 2.09 bits per heavy atom. The maximum Gasteiger partial charge on any atom is 0.119 e. The van der Waals surface area contributed by atoms with Crippen molar-refractivity contribution in [1.82, 2.24) is 15.8 Å². The molecule has 0 bridgehead atoms. The number of ether oxygens (including phenoxy) is 1. The fourth-order valence-corrected chi connectivity index (χ4v) is 3.29. The van der Waals surface area contributed by atoms with Crippen molar-refractivity contribution in [2.75, 3.05) is 19.7 Å². The zero-order valence-corrected chi connectivity index (χ0v) is 14.1. The molecule has 0 aromatic heterocycles. The van der Waals surface area contributed by atoms with E-state index in [-0.39, 0.29) is 0 Å². The molecule has 0 amide bonds. The molecule has 4 nitrogen and oxygen atoms in total. The molecule has 4 heteroatoms. The van der Waals surface area contributed by atoms with E-state index in [0.717, 1.165) is 37.1 Å². The molecule has 1 aromatic rings. The van der Waals surface area contributed by atoms with Crippen LogP contribution in [0, 0.1) is 0 Å². The number of hydrogen-bond donors (Lipinski definition) is 2. The number of allylic oxidation sites excluding steroid dienone is 3. The van der Waals surface area contributed by atoms with Crippen LogP contribution in [0.5, 0.6) is 5.75 Å². The summed E-state index contributed by atoms with van der Waals surface area (Å²) in [5, 5.41) is 0. The first-order chi connectivity index (χ1) is 11.2. The lowest BCUT2D eigenvalue weighted by molar-refractivity contribution is 0.230. The quantitative estimate of drug-likeness (QED) is 0.790. The van der Waals surface area contributed by atoms with Crippen LogP contribution in [-0.2, 0) is 0 Å². The Morgan fingerprint density at radius 1 is 1.26 bits per heavy atom. The van der Waals surface area contributed by atoms with Crippen LogP contribution in [0.1, 0.15) is 38.7 Å². The summed E-state index contributed by atoms with van der Waals surface area (Å²) in [5.74, 6) is 0.951. The first-order valence-electron chi connectivity index (χ1n) is 8.60. The highest BCUT2D eigenvalue weighted by molar-refractivity contribution is 5.76. The lowest BCUT2D eigenvalue weighted by Gasteiger charge is -2.20. The summed E-state index contributed by atoms with van der Waals surface area (Å²) >= 11 is 0. The molecule has 1 fully saturated rings. The third kappa shape index (κ3) is 4.08. The van der Waals surface area contributed by atoms with Crippen LogP contribution in [0.4, 0.5) is 0 Å². The van der Waals surface area contributed by atoms with Crippen molar-refractivity contribution in [3.8, 4) is 5.75 Å². The maximum atomic E-state index is 5.88. The molecule has 124 valence electrons. The smallest absolute Gasteiger partial charge is 0.119 e. The summed E-state index contributed by atoms with van der Waals surface area (Å²) < 4.78 is 5.88. The van der Waals surface area contributed by atoms with Crippen molar-refractivity contribution in [3.63, 3.8) is 0 Å². The van der Waals surface area contributed by atoms with Crippen LogP contribution in [0.15, 0.2) is 42.2 Å². The van der Waals surface area contributed by atoms with Crippen molar-refractivity contribution in [2.24, 2.45) is 0 Å². The second-order valence-corrected chi connectivity index (χ2v) is 6.39. The number of likely N-dealkylation sites (tertiary alicyclic amines) is 1. The van der Waals surface area contributed by atoms with E-state index < -0.39 is 0 Å². The van der Waals surface area contributed by atoms with Crippen molar-refractivity contribution in [3.05, 3.63) is 47.8 Å². The summed E-state index contributed by atoms with van der Waals surface area (Å²) in [6.07, 6.45) is 7.77. The molecule has 0 spiro atoms. The first-order valence-corrected chi connectivity index (χ1v) is 8.60. The lowest BCUT2D eigenvalue weighted by atomic mass is 10.0. The topological polar surface area (TPSA) is 36.5 Å². The molecule has 1 saturated heterocycles. The fraction of sp³-hybridized carbons (Fsp3) is 0.474. The van der Waals surface area contributed by atoms with Gasteiger partial charge in [-0.15, -0.1) is 0 Å².